The highest BCUT2D eigenvalue weighted by Crippen LogP contribution is 2.27. The van der Waals surface area contributed by atoms with Crippen molar-refractivity contribution in [3.05, 3.63) is 58.9 Å². The lowest BCUT2D eigenvalue weighted by Gasteiger charge is -2.12. The number of anilines is 1. The molecule has 1 N–H and O–H groups in total. The molecule has 1 heterocycles. The molecule has 0 radical (unpaired) electrons. The summed E-state index contributed by atoms with van der Waals surface area (Å²) in [7, 11) is -7.42. The Morgan fingerprint density at radius 1 is 1.19 bits per heavy atom. The Morgan fingerprint density at radius 2 is 1.93 bits per heavy atom. The molecule has 0 aromatic heterocycles. The van der Waals surface area contributed by atoms with Crippen molar-refractivity contribution in [3.63, 3.8) is 0 Å². The summed E-state index contributed by atoms with van der Waals surface area (Å²) in [6.45, 7) is 0. The summed E-state index contributed by atoms with van der Waals surface area (Å²) >= 11 is 5.83. The number of hydrogen-bond acceptors (Lipinski definition) is 5. The first-order valence-electron chi connectivity index (χ1n) is 7.89. The van der Waals surface area contributed by atoms with E-state index in [0.29, 0.717) is 10.7 Å². The maximum absolute atomic E-state index is 14.1. The fraction of sp³-hybridized carbons (Fsp3) is 0.235. The zero-order chi connectivity index (χ0) is 19.8. The van der Waals surface area contributed by atoms with Crippen molar-refractivity contribution in [2.75, 3.05) is 16.8 Å². The van der Waals surface area contributed by atoms with Crippen LogP contribution in [0.15, 0.2) is 47.4 Å². The van der Waals surface area contributed by atoms with E-state index in [4.69, 9.17) is 11.6 Å². The third kappa shape index (κ3) is 4.31. The summed E-state index contributed by atoms with van der Waals surface area (Å²) in [4.78, 5) is 12.1. The predicted molar refractivity (Wildman–Crippen MR) is 100 cm³/mol. The lowest BCUT2D eigenvalue weighted by atomic mass is 10.2. The Morgan fingerprint density at radius 3 is 2.56 bits per heavy atom. The van der Waals surface area contributed by atoms with Crippen LogP contribution in [0.2, 0.25) is 5.02 Å². The van der Waals surface area contributed by atoms with Crippen LogP contribution in [-0.2, 0) is 19.7 Å². The number of amides is 1. The summed E-state index contributed by atoms with van der Waals surface area (Å²) < 4.78 is 62.6. The average molecular weight is 432 g/mol. The van der Waals surface area contributed by atoms with Crippen LogP contribution in [0.25, 0.3) is 0 Å². The Labute approximate surface area is 161 Å². The Hall–Kier alpha value is -1.97. The monoisotopic (exact) mass is 431 g/mol. The summed E-state index contributed by atoms with van der Waals surface area (Å²) in [6.07, 6.45) is -0.0217. The fourth-order valence-corrected chi connectivity index (χ4v) is 7.39. The van der Waals surface area contributed by atoms with E-state index in [-0.39, 0.29) is 17.1 Å². The number of nitrogens with one attached hydrogen (secondary N) is 1. The molecule has 6 nitrogen and oxygen atoms in total. The first-order valence-corrected chi connectivity index (χ1v) is 11.6. The number of carbonyl (C=O) groups excluding carboxylic acids is 1. The van der Waals surface area contributed by atoms with Gasteiger partial charge in [0.25, 0.3) is 5.91 Å². The van der Waals surface area contributed by atoms with E-state index in [0.717, 1.165) is 18.2 Å². The molecule has 1 saturated heterocycles. The second kappa shape index (κ2) is 7.21. The van der Waals surface area contributed by atoms with Crippen molar-refractivity contribution >= 4 is 42.9 Å². The predicted octanol–water partition coefficient (Wildman–Crippen LogP) is 2.69. The van der Waals surface area contributed by atoms with E-state index in [2.05, 4.69) is 5.32 Å². The Balaban J connectivity index is 1.91. The quantitative estimate of drug-likeness (QED) is 0.750. The molecule has 144 valence electrons. The Bertz CT molecular complexity index is 1120. The molecule has 2 aromatic carbocycles. The zero-order valence-corrected chi connectivity index (χ0v) is 16.2. The third-order valence-electron chi connectivity index (χ3n) is 4.22. The fourth-order valence-electron chi connectivity index (χ4n) is 2.82. The van der Waals surface area contributed by atoms with E-state index in [1.807, 2.05) is 0 Å². The number of sulfone groups is 2. The van der Waals surface area contributed by atoms with Gasteiger partial charge in [0.2, 0.25) is 0 Å². The molecule has 0 bridgehead atoms. The van der Waals surface area contributed by atoms with E-state index in [1.54, 1.807) is 18.2 Å². The van der Waals surface area contributed by atoms with Gasteiger partial charge in [-0.05, 0) is 42.8 Å². The first-order chi connectivity index (χ1) is 12.6. The van der Waals surface area contributed by atoms with Gasteiger partial charge in [-0.25, -0.2) is 21.2 Å². The SMILES string of the molecule is O=C(Nc1cccc(Cl)c1)c1cc(S(=O)(=O)[C@@H]2CCS(=O)(=O)C2)ccc1F. The molecule has 27 heavy (non-hydrogen) atoms. The Kier molecular flexibility index (Phi) is 5.29. The normalized spacial score (nSPS) is 19.0. The van der Waals surface area contributed by atoms with Gasteiger partial charge in [-0.1, -0.05) is 17.7 Å². The van der Waals surface area contributed by atoms with E-state index < -0.39 is 48.0 Å². The van der Waals surface area contributed by atoms with Gasteiger partial charge in [0.05, 0.1) is 27.2 Å². The number of halogens is 2. The molecule has 10 heteroatoms. The summed E-state index contributed by atoms with van der Waals surface area (Å²) in [5.74, 6) is -2.42. The van der Waals surface area contributed by atoms with Crippen molar-refractivity contribution < 1.29 is 26.0 Å². The molecule has 0 spiro atoms. The van der Waals surface area contributed by atoms with Gasteiger partial charge < -0.3 is 5.32 Å². The largest absolute Gasteiger partial charge is 0.322 e. The highest BCUT2D eigenvalue weighted by Gasteiger charge is 2.38. The second-order valence-electron chi connectivity index (χ2n) is 6.18. The van der Waals surface area contributed by atoms with Gasteiger partial charge in [0, 0.05) is 10.7 Å². The van der Waals surface area contributed by atoms with Crippen molar-refractivity contribution in [1.29, 1.82) is 0 Å². The maximum atomic E-state index is 14.1. The van der Waals surface area contributed by atoms with Gasteiger partial charge >= 0.3 is 0 Å². The number of hydrogen-bond donors (Lipinski definition) is 1. The van der Waals surface area contributed by atoms with Gasteiger partial charge in [-0.2, -0.15) is 0 Å². The molecule has 1 amide bonds. The van der Waals surface area contributed by atoms with Crippen LogP contribution in [0.1, 0.15) is 16.8 Å². The lowest BCUT2D eigenvalue weighted by Crippen LogP contribution is -2.23. The molecular weight excluding hydrogens is 417 g/mol. The van der Waals surface area contributed by atoms with Gasteiger partial charge in [0.1, 0.15) is 5.82 Å². The molecule has 0 aliphatic carbocycles. The molecule has 0 saturated carbocycles. The zero-order valence-electron chi connectivity index (χ0n) is 13.9. The molecule has 2 aromatic rings. The number of carbonyl (C=O) groups is 1. The lowest BCUT2D eigenvalue weighted by molar-refractivity contribution is 0.102. The van der Waals surface area contributed by atoms with Gasteiger partial charge in [-0.15, -0.1) is 0 Å². The van der Waals surface area contributed by atoms with Crippen LogP contribution < -0.4 is 5.32 Å². The molecule has 1 aliphatic rings. The maximum Gasteiger partial charge on any atom is 0.258 e. The van der Waals surface area contributed by atoms with Crippen LogP contribution in [0, 0.1) is 5.82 Å². The van der Waals surface area contributed by atoms with Crippen LogP contribution in [-0.4, -0.2) is 39.5 Å². The standard InChI is InChI=1S/C17H15ClFNO5S2/c18-11-2-1-3-12(8-11)20-17(21)15-9-13(4-5-16(15)19)27(24,25)14-6-7-26(22,23)10-14/h1-5,8-9,14H,6-7,10H2,(H,20,21)/t14-/m1/s1. The van der Waals surface area contributed by atoms with Crippen molar-refractivity contribution in [2.24, 2.45) is 0 Å². The molecule has 1 fully saturated rings. The number of benzene rings is 2. The minimum atomic E-state index is -4.01. The number of rotatable bonds is 4. The van der Waals surface area contributed by atoms with Crippen molar-refractivity contribution in [1.82, 2.24) is 0 Å². The average Bonchev–Trinajstić information content (AvgIpc) is 2.95. The summed E-state index contributed by atoms with van der Waals surface area (Å²) in [5, 5.41) is 1.71. The van der Waals surface area contributed by atoms with E-state index in [9.17, 15) is 26.0 Å². The minimum absolute atomic E-state index is 0.0217. The van der Waals surface area contributed by atoms with Crippen molar-refractivity contribution in [2.45, 2.75) is 16.6 Å². The van der Waals surface area contributed by atoms with E-state index >= 15 is 0 Å². The highest BCUT2D eigenvalue weighted by atomic mass is 35.5. The van der Waals surface area contributed by atoms with Crippen LogP contribution in [0.5, 0.6) is 0 Å². The molecule has 3 rings (SSSR count). The topological polar surface area (TPSA) is 97.4 Å². The van der Waals surface area contributed by atoms with E-state index in [1.165, 1.54) is 6.07 Å². The smallest absolute Gasteiger partial charge is 0.258 e. The molecule has 0 unspecified atom stereocenters. The van der Waals surface area contributed by atoms with Crippen LogP contribution in [0.3, 0.4) is 0 Å². The molecule has 1 atom stereocenters. The summed E-state index contributed by atoms with van der Waals surface area (Å²) in [5.41, 5.74) is -0.140. The molecule has 1 aliphatic heterocycles. The van der Waals surface area contributed by atoms with Crippen molar-refractivity contribution in [3.8, 4) is 0 Å². The van der Waals surface area contributed by atoms with Crippen LogP contribution in [0.4, 0.5) is 10.1 Å². The van der Waals surface area contributed by atoms with Gasteiger partial charge in [-0.3, -0.25) is 4.79 Å². The van der Waals surface area contributed by atoms with Gasteiger partial charge in [0.15, 0.2) is 19.7 Å². The third-order valence-corrected chi connectivity index (χ3v) is 8.63. The minimum Gasteiger partial charge on any atom is -0.322 e. The highest BCUT2D eigenvalue weighted by molar-refractivity contribution is 7.96. The molecular formula is C17H15ClFNO5S2. The van der Waals surface area contributed by atoms with Crippen LogP contribution >= 0.6 is 11.6 Å². The second-order valence-corrected chi connectivity index (χ2v) is 11.1. The first kappa shape index (κ1) is 19.8. The summed E-state index contributed by atoms with van der Waals surface area (Å²) in [6, 6.07) is 9.04.